The van der Waals surface area contributed by atoms with Gasteiger partial charge in [0, 0.05) is 45.0 Å². The first-order valence-corrected chi connectivity index (χ1v) is 8.61. The van der Waals surface area contributed by atoms with E-state index >= 15 is 0 Å². The number of carbonyl (C=O) groups is 1. The first kappa shape index (κ1) is 18.8. The topological polar surface area (TPSA) is 79.3 Å². The van der Waals surface area contributed by atoms with Crippen molar-refractivity contribution in [3.8, 4) is 5.88 Å². The van der Waals surface area contributed by atoms with Gasteiger partial charge in [-0.2, -0.15) is 0 Å². The number of nitrogens with zero attached hydrogens (tertiary/aromatic N) is 4. The lowest BCUT2D eigenvalue weighted by atomic mass is 10.3. The van der Waals surface area contributed by atoms with Gasteiger partial charge in [0.2, 0.25) is 5.88 Å². The number of amides is 1. The second kappa shape index (κ2) is 9.71. The summed E-state index contributed by atoms with van der Waals surface area (Å²) in [6.45, 7) is 8.31. The van der Waals surface area contributed by atoms with Gasteiger partial charge in [0.15, 0.2) is 5.96 Å². The van der Waals surface area contributed by atoms with Gasteiger partial charge in [0.05, 0.1) is 20.3 Å². The molecule has 0 atom stereocenters. The summed E-state index contributed by atoms with van der Waals surface area (Å²) in [6.07, 6.45) is 1.53. The molecule has 1 aromatic rings. The SMILES string of the molecule is CCNC(=NCc1ccc(OC)nc1)N1CCN(C(=O)OCC)CC1. The maximum absolute atomic E-state index is 11.8. The number of piperazine rings is 1. The third-order valence-electron chi connectivity index (χ3n) is 3.86. The Bertz CT molecular complexity index is 568. The number of rotatable bonds is 5. The number of aromatic nitrogens is 1. The summed E-state index contributed by atoms with van der Waals surface area (Å²) in [5, 5.41) is 3.31. The molecule has 0 bridgehead atoms. The second-order valence-corrected chi connectivity index (χ2v) is 5.55. The zero-order valence-corrected chi connectivity index (χ0v) is 15.2. The highest BCUT2D eigenvalue weighted by molar-refractivity contribution is 5.80. The van der Waals surface area contributed by atoms with Crippen molar-refractivity contribution in [3.05, 3.63) is 23.9 Å². The van der Waals surface area contributed by atoms with Gasteiger partial charge in [0.1, 0.15) is 0 Å². The van der Waals surface area contributed by atoms with Crippen molar-refractivity contribution in [1.82, 2.24) is 20.1 Å². The molecule has 25 heavy (non-hydrogen) atoms. The summed E-state index contributed by atoms with van der Waals surface area (Å²) < 4.78 is 10.1. The molecule has 0 spiro atoms. The average molecular weight is 349 g/mol. The molecule has 0 aliphatic carbocycles. The highest BCUT2D eigenvalue weighted by Crippen LogP contribution is 2.09. The van der Waals surface area contributed by atoms with Gasteiger partial charge in [-0.05, 0) is 19.4 Å². The predicted molar refractivity (Wildman–Crippen MR) is 95.8 cm³/mol. The van der Waals surface area contributed by atoms with E-state index in [2.05, 4.69) is 20.2 Å². The molecule has 0 saturated carbocycles. The molecular weight excluding hydrogens is 322 g/mol. The van der Waals surface area contributed by atoms with Crippen LogP contribution in [0.2, 0.25) is 0 Å². The van der Waals surface area contributed by atoms with Crippen LogP contribution in [-0.2, 0) is 11.3 Å². The average Bonchev–Trinajstić information content (AvgIpc) is 2.66. The van der Waals surface area contributed by atoms with Gasteiger partial charge in [-0.3, -0.25) is 0 Å². The number of ether oxygens (including phenoxy) is 2. The number of guanidine groups is 1. The Balaban J connectivity index is 1.94. The molecule has 1 aliphatic heterocycles. The molecule has 2 rings (SSSR count). The molecule has 1 aromatic heterocycles. The van der Waals surface area contributed by atoms with E-state index in [1.54, 1.807) is 18.2 Å². The van der Waals surface area contributed by atoms with E-state index in [1.807, 2.05) is 26.0 Å². The molecule has 1 N–H and O–H groups in total. The van der Waals surface area contributed by atoms with Gasteiger partial charge in [-0.25, -0.2) is 14.8 Å². The fraction of sp³-hybridized carbons (Fsp3) is 0.588. The zero-order chi connectivity index (χ0) is 18.1. The molecule has 0 aromatic carbocycles. The highest BCUT2D eigenvalue weighted by atomic mass is 16.6. The normalized spacial score (nSPS) is 15.1. The largest absolute Gasteiger partial charge is 0.481 e. The summed E-state index contributed by atoms with van der Waals surface area (Å²) in [6, 6.07) is 3.79. The van der Waals surface area contributed by atoms with Crippen LogP contribution in [0, 0.1) is 0 Å². The molecule has 1 aliphatic rings. The molecule has 138 valence electrons. The molecule has 1 saturated heterocycles. The number of pyridine rings is 1. The smallest absolute Gasteiger partial charge is 0.409 e. The minimum absolute atomic E-state index is 0.242. The van der Waals surface area contributed by atoms with Crippen molar-refractivity contribution >= 4 is 12.1 Å². The fourth-order valence-corrected chi connectivity index (χ4v) is 2.53. The lowest BCUT2D eigenvalue weighted by molar-refractivity contribution is 0.0914. The van der Waals surface area contributed by atoms with Crippen molar-refractivity contribution in [1.29, 1.82) is 0 Å². The monoisotopic (exact) mass is 349 g/mol. The Morgan fingerprint density at radius 2 is 1.96 bits per heavy atom. The molecular formula is C17H27N5O3. The van der Waals surface area contributed by atoms with Crippen molar-refractivity contribution in [2.75, 3.05) is 46.4 Å². The predicted octanol–water partition coefficient (Wildman–Crippen LogP) is 1.33. The van der Waals surface area contributed by atoms with E-state index in [1.165, 1.54) is 0 Å². The van der Waals surface area contributed by atoms with Gasteiger partial charge in [0.25, 0.3) is 0 Å². The first-order chi connectivity index (χ1) is 12.2. The zero-order valence-electron chi connectivity index (χ0n) is 15.2. The van der Waals surface area contributed by atoms with Crippen LogP contribution in [0.25, 0.3) is 0 Å². The lowest BCUT2D eigenvalue weighted by Crippen LogP contribution is -2.53. The molecule has 0 radical (unpaired) electrons. The minimum atomic E-state index is -0.242. The third kappa shape index (κ3) is 5.51. The Kier molecular flexibility index (Phi) is 7.31. The van der Waals surface area contributed by atoms with Crippen molar-refractivity contribution in [2.45, 2.75) is 20.4 Å². The number of nitrogens with one attached hydrogen (secondary N) is 1. The second-order valence-electron chi connectivity index (χ2n) is 5.55. The molecule has 8 heteroatoms. The Labute approximate surface area is 148 Å². The van der Waals surface area contributed by atoms with Crippen LogP contribution in [-0.4, -0.2) is 73.3 Å². The van der Waals surface area contributed by atoms with Crippen LogP contribution in [0.5, 0.6) is 5.88 Å². The summed E-state index contributed by atoms with van der Waals surface area (Å²) in [5.41, 5.74) is 1.02. The van der Waals surface area contributed by atoms with Crippen molar-refractivity contribution < 1.29 is 14.3 Å². The first-order valence-electron chi connectivity index (χ1n) is 8.61. The molecule has 8 nitrogen and oxygen atoms in total. The summed E-state index contributed by atoms with van der Waals surface area (Å²) in [5.74, 6) is 1.44. The number of hydrogen-bond acceptors (Lipinski definition) is 5. The molecule has 1 amide bonds. The Hall–Kier alpha value is -2.51. The van der Waals surface area contributed by atoms with Crippen LogP contribution in [0.4, 0.5) is 4.79 Å². The number of carbonyl (C=O) groups excluding carboxylic acids is 1. The van der Waals surface area contributed by atoms with Crippen LogP contribution in [0.1, 0.15) is 19.4 Å². The van der Waals surface area contributed by atoms with Crippen LogP contribution in [0.3, 0.4) is 0 Å². The summed E-state index contributed by atoms with van der Waals surface area (Å²) in [7, 11) is 1.60. The maximum Gasteiger partial charge on any atom is 0.409 e. The van der Waals surface area contributed by atoms with E-state index in [-0.39, 0.29) is 6.09 Å². The highest BCUT2D eigenvalue weighted by Gasteiger charge is 2.23. The van der Waals surface area contributed by atoms with E-state index in [0.29, 0.717) is 32.1 Å². The van der Waals surface area contributed by atoms with Gasteiger partial charge < -0.3 is 24.6 Å². The van der Waals surface area contributed by atoms with Crippen molar-refractivity contribution in [2.24, 2.45) is 4.99 Å². The van der Waals surface area contributed by atoms with E-state index < -0.39 is 0 Å². The van der Waals surface area contributed by atoms with Gasteiger partial charge >= 0.3 is 6.09 Å². The number of hydrogen-bond donors (Lipinski definition) is 1. The van der Waals surface area contributed by atoms with Gasteiger partial charge in [-0.1, -0.05) is 6.07 Å². The molecule has 2 heterocycles. The van der Waals surface area contributed by atoms with Crippen LogP contribution in [0.15, 0.2) is 23.3 Å². The summed E-state index contributed by atoms with van der Waals surface area (Å²) >= 11 is 0. The molecule has 1 fully saturated rings. The fourth-order valence-electron chi connectivity index (χ4n) is 2.53. The van der Waals surface area contributed by atoms with E-state index in [0.717, 1.165) is 31.2 Å². The minimum Gasteiger partial charge on any atom is -0.481 e. The van der Waals surface area contributed by atoms with Crippen molar-refractivity contribution in [3.63, 3.8) is 0 Å². The Morgan fingerprint density at radius 1 is 1.24 bits per heavy atom. The van der Waals surface area contributed by atoms with Crippen LogP contribution >= 0.6 is 0 Å². The van der Waals surface area contributed by atoms with E-state index in [4.69, 9.17) is 9.47 Å². The van der Waals surface area contributed by atoms with Gasteiger partial charge in [-0.15, -0.1) is 0 Å². The number of methoxy groups -OCH3 is 1. The number of aliphatic imine (C=N–C) groups is 1. The van der Waals surface area contributed by atoms with E-state index in [9.17, 15) is 4.79 Å². The summed E-state index contributed by atoms with van der Waals surface area (Å²) in [4.78, 5) is 24.6. The van der Waals surface area contributed by atoms with Crippen LogP contribution < -0.4 is 10.1 Å². The Morgan fingerprint density at radius 3 is 2.52 bits per heavy atom. The lowest BCUT2D eigenvalue weighted by Gasteiger charge is -2.35. The maximum atomic E-state index is 11.8. The third-order valence-corrected chi connectivity index (χ3v) is 3.86. The molecule has 0 unspecified atom stereocenters. The standard InChI is InChI=1S/C17H27N5O3/c1-4-18-16(20-13-14-6-7-15(24-3)19-12-14)21-8-10-22(11-9-21)17(23)25-5-2/h6-7,12H,4-5,8-11,13H2,1-3H3,(H,18,20). The quantitative estimate of drug-likeness (QED) is 0.638.